The number of nitrogens with two attached hydrogens (primary N) is 1. The number of esters is 1. The van der Waals surface area contributed by atoms with Gasteiger partial charge in [-0.3, -0.25) is 0 Å². The van der Waals surface area contributed by atoms with Crippen LogP contribution in [0.5, 0.6) is 5.75 Å². The third-order valence-corrected chi connectivity index (χ3v) is 2.22. The first-order valence-corrected chi connectivity index (χ1v) is 5.85. The summed E-state index contributed by atoms with van der Waals surface area (Å²) in [5.74, 6) is 0.182. The second-order valence-electron chi connectivity index (χ2n) is 3.78. The quantitative estimate of drug-likeness (QED) is 0.433. The predicted octanol–water partition coefficient (Wildman–Crippen LogP) is 1.62. The van der Waals surface area contributed by atoms with Crippen molar-refractivity contribution in [3.05, 3.63) is 24.3 Å². The molecule has 1 aromatic rings. The molecule has 0 atom stereocenters. The minimum absolute atomic E-state index is 0.103. The van der Waals surface area contributed by atoms with Gasteiger partial charge in [0.15, 0.2) is 6.61 Å². The number of carbonyl (C=O) groups is 1. The van der Waals surface area contributed by atoms with E-state index in [0.29, 0.717) is 24.7 Å². The third-order valence-electron chi connectivity index (χ3n) is 2.22. The van der Waals surface area contributed by atoms with Crippen LogP contribution in [0.1, 0.15) is 12.8 Å². The van der Waals surface area contributed by atoms with E-state index < -0.39 is 0 Å². The van der Waals surface area contributed by atoms with Crippen molar-refractivity contribution in [2.75, 3.05) is 32.7 Å². The van der Waals surface area contributed by atoms with E-state index in [-0.39, 0.29) is 12.6 Å². The van der Waals surface area contributed by atoms with Gasteiger partial charge in [-0.1, -0.05) is 6.07 Å². The molecule has 100 valence electrons. The third kappa shape index (κ3) is 6.10. The molecule has 0 saturated heterocycles. The molecule has 5 heteroatoms. The smallest absolute Gasteiger partial charge is 0.344 e. The lowest BCUT2D eigenvalue weighted by atomic mass is 10.3. The van der Waals surface area contributed by atoms with E-state index in [0.717, 1.165) is 12.8 Å². The first-order chi connectivity index (χ1) is 8.72. The zero-order valence-corrected chi connectivity index (χ0v) is 10.6. The van der Waals surface area contributed by atoms with E-state index in [2.05, 4.69) is 0 Å². The van der Waals surface area contributed by atoms with E-state index in [1.165, 1.54) is 0 Å². The molecule has 0 heterocycles. The summed E-state index contributed by atoms with van der Waals surface area (Å²) in [6.07, 6.45) is 1.66. The summed E-state index contributed by atoms with van der Waals surface area (Å²) < 4.78 is 15.1. The monoisotopic (exact) mass is 253 g/mol. The van der Waals surface area contributed by atoms with Gasteiger partial charge in [0.1, 0.15) is 5.75 Å². The summed E-state index contributed by atoms with van der Waals surface area (Å²) >= 11 is 0. The van der Waals surface area contributed by atoms with Gasteiger partial charge in [0.2, 0.25) is 0 Å². The molecule has 0 aliphatic rings. The van der Waals surface area contributed by atoms with Crippen LogP contribution in [0.3, 0.4) is 0 Å². The lowest BCUT2D eigenvalue weighted by Crippen LogP contribution is -2.15. The number of anilines is 1. The number of ether oxygens (including phenoxy) is 3. The molecular formula is C13H19NO4. The summed E-state index contributed by atoms with van der Waals surface area (Å²) in [7, 11) is 1.64. The number of nitrogen functional groups attached to an aromatic ring is 1. The van der Waals surface area contributed by atoms with E-state index >= 15 is 0 Å². The van der Waals surface area contributed by atoms with Crippen molar-refractivity contribution in [1.29, 1.82) is 0 Å². The van der Waals surface area contributed by atoms with Gasteiger partial charge in [-0.2, -0.15) is 0 Å². The maximum atomic E-state index is 11.3. The summed E-state index contributed by atoms with van der Waals surface area (Å²) in [6, 6.07) is 6.91. The van der Waals surface area contributed by atoms with Crippen LogP contribution in [0.4, 0.5) is 5.69 Å². The molecule has 0 aliphatic carbocycles. The highest BCUT2D eigenvalue weighted by Crippen LogP contribution is 2.14. The van der Waals surface area contributed by atoms with E-state index in [1.807, 2.05) is 0 Å². The number of benzene rings is 1. The van der Waals surface area contributed by atoms with Gasteiger partial charge >= 0.3 is 5.97 Å². The van der Waals surface area contributed by atoms with Gasteiger partial charge in [0, 0.05) is 25.5 Å². The number of rotatable bonds is 8. The molecule has 18 heavy (non-hydrogen) atoms. The number of unbranched alkanes of at least 4 members (excludes halogenated alkanes) is 1. The Morgan fingerprint density at radius 1 is 1.28 bits per heavy atom. The average Bonchev–Trinajstić information content (AvgIpc) is 2.36. The fraction of sp³-hybridized carbons (Fsp3) is 0.462. The van der Waals surface area contributed by atoms with Crippen LogP contribution >= 0.6 is 0 Å². The van der Waals surface area contributed by atoms with Crippen LogP contribution in [-0.4, -0.2) is 32.9 Å². The van der Waals surface area contributed by atoms with Crippen LogP contribution in [0.25, 0.3) is 0 Å². The predicted molar refractivity (Wildman–Crippen MR) is 68.4 cm³/mol. The average molecular weight is 253 g/mol. The molecule has 1 aromatic carbocycles. The largest absolute Gasteiger partial charge is 0.482 e. The maximum absolute atomic E-state index is 11.3. The minimum atomic E-state index is -0.380. The molecule has 2 N–H and O–H groups in total. The highest BCUT2D eigenvalue weighted by molar-refractivity contribution is 5.71. The summed E-state index contributed by atoms with van der Waals surface area (Å²) in [6.45, 7) is 0.966. The molecule has 5 nitrogen and oxygen atoms in total. The molecule has 0 aromatic heterocycles. The Morgan fingerprint density at radius 2 is 2.06 bits per heavy atom. The van der Waals surface area contributed by atoms with Crippen LogP contribution in [0.15, 0.2) is 24.3 Å². The van der Waals surface area contributed by atoms with Gasteiger partial charge in [0.25, 0.3) is 0 Å². The van der Waals surface area contributed by atoms with Gasteiger partial charge in [0.05, 0.1) is 6.61 Å². The lowest BCUT2D eigenvalue weighted by molar-refractivity contribution is -0.146. The van der Waals surface area contributed by atoms with Crippen molar-refractivity contribution in [2.45, 2.75) is 12.8 Å². The summed E-state index contributed by atoms with van der Waals surface area (Å²) in [4.78, 5) is 11.3. The van der Waals surface area contributed by atoms with Crippen LogP contribution in [-0.2, 0) is 14.3 Å². The van der Waals surface area contributed by atoms with Crippen molar-refractivity contribution < 1.29 is 19.0 Å². The molecule has 0 radical (unpaired) electrons. The van der Waals surface area contributed by atoms with Crippen LogP contribution < -0.4 is 10.5 Å². The SMILES string of the molecule is COCCCCOC(=O)COc1cccc(N)c1. The Labute approximate surface area is 107 Å². The molecule has 0 bridgehead atoms. The van der Waals surface area contributed by atoms with Crippen molar-refractivity contribution in [1.82, 2.24) is 0 Å². The van der Waals surface area contributed by atoms with Crippen molar-refractivity contribution in [3.8, 4) is 5.75 Å². The second-order valence-corrected chi connectivity index (χ2v) is 3.78. The molecule has 0 fully saturated rings. The minimum Gasteiger partial charge on any atom is -0.482 e. The molecule has 0 spiro atoms. The number of hydrogen-bond donors (Lipinski definition) is 1. The van der Waals surface area contributed by atoms with Crippen LogP contribution in [0, 0.1) is 0 Å². The van der Waals surface area contributed by atoms with E-state index in [1.54, 1.807) is 31.4 Å². The molecule has 0 saturated carbocycles. The van der Waals surface area contributed by atoms with Gasteiger partial charge < -0.3 is 19.9 Å². The fourth-order valence-electron chi connectivity index (χ4n) is 1.32. The molecule has 0 aliphatic heterocycles. The Bertz CT molecular complexity index is 368. The normalized spacial score (nSPS) is 10.1. The zero-order chi connectivity index (χ0) is 13.2. The Kier molecular flexibility index (Phi) is 6.64. The first kappa shape index (κ1) is 14.3. The van der Waals surface area contributed by atoms with Gasteiger partial charge in [-0.05, 0) is 25.0 Å². The fourth-order valence-corrected chi connectivity index (χ4v) is 1.32. The topological polar surface area (TPSA) is 70.8 Å². The Morgan fingerprint density at radius 3 is 2.78 bits per heavy atom. The molecular weight excluding hydrogens is 234 g/mol. The van der Waals surface area contributed by atoms with Gasteiger partial charge in [-0.25, -0.2) is 4.79 Å². The van der Waals surface area contributed by atoms with Gasteiger partial charge in [-0.15, -0.1) is 0 Å². The van der Waals surface area contributed by atoms with Crippen LogP contribution in [0.2, 0.25) is 0 Å². The zero-order valence-electron chi connectivity index (χ0n) is 10.6. The number of hydrogen-bond acceptors (Lipinski definition) is 5. The van der Waals surface area contributed by atoms with E-state index in [4.69, 9.17) is 19.9 Å². The Hall–Kier alpha value is -1.75. The number of methoxy groups -OCH3 is 1. The summed E-state index contributed by atoms with van der Waals surface area (Å²) in [5.41, 5.74) is 6.18. The highest BCUT2D eigenvalue weighted by atomic mass is 16.6. The Balaban J connectivity index is 2.13. The maximum Gasteiger partial charge on any atom is 0.344 e. The van der Waals surface area contributed by atoms with Crippen molar-refractivity contribution in [2.24, 2.45) is 0 Å². The molecule has 0 amide bonds. The van der Waals surface area contributed by atoms with E-state index in [9.17, 15) is 4.79 Å². The van der Waals surface area contributed by atoms with Crippen molar-refractivity contribution in [3.63, 3.8) is 0 Å². The standard InChI is InChI=1S/C13H19NO4/c1-16-7-2-3-8-17-13(15)10-18-12-6-4-5-11(14)9-12/h4-6,9H,2-3,7-8,10,14H2,1H3. The molecule has 1 rings (SSSR count). The lowest BCUT2D eigenvalue weighted by Gasteiger charge is -2.07. The summed E-state index contributed by atoms with van der Waals surface area (Å²) in [5, 5.41) is 0. The highest BCUT2D eigenvalue weighted by Gasteiger charge is 2.04. The van der Waals surface area contributed by atoms with Crippen molar-refractivity contribution >= 4 is 11.7 Å². The first-order valence-electron chi connectivity index (χ1n) is 5.85. The second kappa shape index (κ2) is 8.36. The molecule has 0 unspecified atom stereocenters. The number of carbonyl (C=O) groups excluding carboxylic acids is 1.